The van der Waals surface area contributed by atoms with Crippen molar-refractivity contribution in [3.05, 3.63) is 52.5 Å². The molecule has 1 aromatic carbocycles. The summed E-state index contributed by atoms with van der Waals surface area (Å²) in [5, 5.41) is 7.00. The van der Waals surface area contributed by atoms with Gasteiger partial charge in [0.15, 0.2) is 10.8 Å². The van der Waals surface area contributed by atoms with Crippen LogP contribution in [0.2, 0.25) is 0 Å². The lowest BCUT2D eigenvalue weighted by Gasteiger charge is -2.26. The Kier molecular flexibility index (Phi) is 5.55. The first-order chi connectivity index (χ1) is 16.7. The third-order valence-corrected chi connectivity index (χ3v) is 7.50. The molecule has 2 fully saturated rings. The molecule has 2 aliphatic rings. The van der Waals surface area contributed by atoms with Crippen LogP contribution in [0.1, 0.15) is 58.5 Å². The minimum atomic E-state index is -0.865. The van der Waals surface area contributed by atoms with E-state index in [1.54, 1.807) is 6.92 Å². The Morgan fingerprint density at radius 2 is 1.94 bits per heavy atom. The van der Waals surface area contributed by atoms with Crippen LogP contribution < -0.4 is 21.7 Å². The van der Waals surface area contributed by atoms with Crippen LogP contribution in [0.4, 0.5) is 21.0 Å². The van der Waals surface area contributed by atoms with Gasteiger partial charge in [0.05, 0.1) is 0 Å². The highest BCUT2D eigenvalue weighted by atomic mass is 32.1. The molecule has 0 unspecified atom stereocenters. The average molecular weight is 499 g/mol. The molecule has 35 heavy (non-hydrogen) atoms. The first-order valence-electron chi connectivity index (χ1n) is 11.1. The number of nitrogens with two attached hydrogens (primary N) is 2. The average Bonchev–Trinajstić information content (AvgIpc) is 3.73. The fourth-order valence-corrected chi connectivity index (χ4v) is 5.14. The maximum absolute atomic E-state index is 13.4. The second-order valence-corrected chi connectivity index (χ2v) is 9.90. The molecule has 10 nitrogen and oxygen atoms in total. The van der Waals surface area contributed by atoms with E-state index in [2.05, 4.69) is 15.5 Å². The Balaban J connectivity index is 1.39. The van der Waals surface area contributed by atoms with Gasteiger partial charge in [0, 0.05) is 17.3 Å². The third kappa shape index (κ3) is 4.36. The first-order valence-corrected chi connectivity index (χ1v) is 11.9. The topological polar surface area (TPSA) is 157 Å². The normalized spacial score (nSPS) is 17.0. The molecular weight excluding hydrogens is 475 g/mol. The molecule has 0 aliphatic heterocycles. The Morgan fingerprint density at radius 3 is 2.54 bits per heavy atom. The first kappa shape index (κ1) is 23.0. The summed E-state index contributed by atoms with van der Waals surface area (Å²) in [6.07, 6.45) is 4.11. The SMILES string of the molecule is C[C@H](C(N)=O)N(c1ccc(F)cc1)c1nc(N)c(C(=O)c2cc(C(=O)NC3(C4CC4)CC3)no2)s1. The number of benzene rings is 1. The summed E-state index contributed by atoms with van der Waals surface area (Å²) in [6.45, 7) is 1.56. The molecule has 1 atom stereocenters. The molecule has 2 heterocycles. The number of thiazole rings is 1. The van der Waals surface area contributed by atoms with Gasteiger partial charge < -0.3 is 26.2 Å². The van der Waals surface area contributed by atoms with Crippen molar-refractivity contribution in [3.63, 3.8) is 0 Å². The fraction of sp³-hybridized carbons (Fsp3) is 0.348. The molecule has 0 radical (unpaired) electrons. The minimum absolute atomic E-state index is 0.0128. The van der Waals surface area contributed by atoms with Crippen LogP contribution in [0.25, 0.3) is 0 Å². The van der Waals surface area contributed by atoms with Gasteiger partial charge in [-0.2, -0.15) is 0 Å². The predicted molar refractivity (Wildman–Crippen MR) is 126 cm³/mol. The highest BCUT2D eigenvalue weighted by Crippen LogP contribution is 2.53. The maximum Gasteiger partial charge on any atom is 0.273 e. The van der Waals surface area contributed by atoms with Gasteiger partial charge in [0.1, 0.15) is 22.6 Å². The van der Waals surface area contributed by atoms with Crippen molar-refractivity contribution in [3.8, 4) is 0 Å². The molecule has 0 bridgehead atoms. The number of carbonyl (C=O) groups excluding carboxylic acids is 3. The van der Waals surface area contributed by atoms with Crippen LogP contribution in [0.5, 0.6) is 0 Å². The Morgan fingerprint density at radius 1 is 1.26 bits per heavy atom. The van der Waals surface area contributed by atoms with Crippen LogP contribution in [0, 0.1) is 11.7 Å². The van der Waals surface area contributed by atoms with E-state index in [4.69, 9.17) is 16.0 Å². The van der Waals surface area contributed by atoms with Gasteiger partial charge in [-0.15, -0.1) is 0 Å². The number of anilines is 3. The number of hydrogen-bond donors (Lipinski definition) is 3. The molecule has 3 aromatic rings. The molecule has 2 saturated carbocycles. The quantitative estimate of drug-likeness (QED) is 0.380. The summed E-state index contributed by atoms with van der Waals surface area (Å²) in [6, 6.07) is 5.80. The lowest BCUT2D eigenvalue weighted by atomic mass is 10.1. The number of hydrogen-bond acceptors (Lipinski definition) is 9. The van der Waals surface area contributed by atoms with E-state index < -0.39 is 23.5 Å². The lowest BCUT2D eigenvalue weighted by molar-refractivity contribution is -0.118. The summed E-state index contributed by atoms with van der Waals surface area (Å²) in [5.74, 6) is -1.83. The zero-order valence-electron chi connectivity index (χ0n) is 18.8. The summed E-state index contributed by atoms with van der Waals surface area (Å²) < 4.78 is 18.6. The number of nitrogens with zero attached hydrogens (tertiary/aromatic N) is 3. The summed E-state index contributed by atoms with van der Waals surface area (Å²) in [5.41, 5.74) is 11.8. The molecule has 12 heteroatoms. The second kappa shape index (κ2) is 8.45. The monoisotopic (exact) mass is 498 g/mol. The van der Waals surface area contributed by atoms with Gasteiger partial charge in [0.2, 0.25) is 17.5 Å². The number of ketones is 1. The number of halogens is 1. The molecule has 5 rings (SSSR count). The number of carbonyl (C=O) groups is 3. The van der Waals surface area contributed by atoms with Gasteiger partial charge in [0.25, 0.3) is 5.91 Å². The molecule has 5 N–H and O–H groups in total. The van der Waals surface area contributed by atoms with E-state index in [9.17, 15) is 18.8 Å². The zero-order valence-corrected chi connectivity index (χ0v) is 19.6. The van der Waals surface area contributed by atoms with Gasteiger partial charge in [-0.25, -0.2) is 9.37 Å². The van der Waals surface area contributed by atoms with Crippen LogP contribution in [-0.4, -0.2) is 39.3 Å². The van der Waals surface area contributed by atoms with E-state index in [0.717, 1.165) is 37.0 Å². The van der Waals surface area contributed by atoms with E-state index in [0.29, 0.717) is 11.6 Å². The highest BCUT2D eigenvalue weighted by molar-refractivity contribution is 7.18. The summed E-state index contributed by atoms with van der Waals surface area (Å²) in [4.78, 5) is 43.4. The van der Waals surface area contributed by atoms with Gasteiger partial charge >= 0.3 is 0 Å². The molecule has 182 valence electrons. The largest absolute Gasteiger partial charge is 0.382 e. The van der Waals surface area contributed by atoms with E-state index in [-0.39, 0.29) is 38.7 Å². The number of aromatic nitrogens is 2. The van der Waals surface area contributed by atoms with Crippen molar-refractivity contribution >= 4 is 45.6 Å². The smallest absolute Gasteiger partial charge is 0.273 e. The zero-order chi connectivity index (χ0) is 24.9. The Labute approximate surface area is 203 Å². The van der Waals surface area contributed by atoms with E-state index in [1.165, 1.54) is 35.2 Å². The van der Waals surface area contributed by atoms with Crippen LogP contribution in [0.15, 0.2) is 34.9 Å². The molecule has 2 aromatic heterocycles. The Hall–Kier alpha value is -3.80. The van der Waals surface area contributed by atoms with Crippen molar-refractivity contribution in [2.45, 2.75) is 44.2 Å². The van der Waals surface area contributed by atoms with Crippen molar-refractivity contribution < 1.29 is 23.3 Å². The van der Waals surface area contributed by atoms with Gasteiger partial charge in [-0.3, -0.25) is 14.4 Å². The number of amides is 2. The van der Waals surface area contributed by atoms with Crippen LogP contribution >= 0.6 is 11.3 Å². The Bertz CT molecular complexity index is 1310. The molecule has 2 aliphatic carbocycles. The fourth-order valence-electron chi connectivity index (χ4n) is 4.11. The van der Waals surface area contributed by atoms with E-state index >= 15 is 0 Å². The molecule has 0 saturated heterocycles. The van der Waals surface area contributed by atoms with E-state index in [1.807, 2.05) is 0 Å². The number of nitrogen functional groups attached to an aromatic ring is 1. The van der Waals surface area contributed by atoms with Crippen molar-refractivity contribution in [1.82, 2.24) is 15.5 Å². The predicted octanol–water partition coefficient (Wildman–Crippen LogP) is 2.77. The second-order valence-electron chi connectivity index (χ2n) is 8.93. The standard InChI is InChI=1S/C23H23FN6O4S/c1-11(20(26)32)30(14-6-4-13(24)5-7-14)22-27-19(25)18(35-22)17(31)16-10-15(29-34-16)21(33)28-23(8-9-23)12-2-3-12/h4-7,10-12H,2-3,8-9,25H2,1H3,(H2,26,32)(H,28,33)/t11-/m1/s1. The number of primary amides is 1. The van der Waals surface area contributed by atoms with Crippen LogP contribution in [0.3, 0.4) is 0 Å². The van der Waals surface area contributed by atoms with Crippen LogP contribution in [-0.2, 0) is 4.79 Å². The van der Waals surface area contributed by atoms with Crippen molar-refractivity contribution in [1.29, 1.82) is 0 Å². The molecule has 2 amide bonds. The van der Waals surface area contributed by atoms with Crippen molar-refractivity contribution in [2.75, 3.05) is 10.6 Å². The molecule has 0 spiro atoms. The highest BCUT2D eigenvalue weighted by Gasteiger charge is 2.55. The number of nitrogens with one attached hydrogen (secondary N) is 1. The molecular formula is C23H23FN6O4S. The maximum atomic E-state index is 13.4. The van der Waals surface area contributed by atoms with Crippen molar-refractivity contribution in [2.24, 2.45) is 11.7 Å². The van der Waals surface area contributed by atoms with Gasteiger partial charge in [-0.1, -0.05) is 16.5 Å². The third-order valence-electron chi connectivity index (χ3n) is 6.43. The minimum Gasteiger partial charge on any atom is -0.382 e. The number of rotatable bonds is 9. The van der Waals surface area contributed by atoms with Gasteiger partial charge in [-0.05, 0) is 62.8 Å². The summed E-state index contributed by atoms with van der Waals surface area (Å²) >= 11 is 0.916. The lowest BCUT2D eigenvalue weighted by Crippen LogP contribution is -2.39. The summed E-state index contributed by atoms with van der Waals surface area (Å²) in [7, 11) is 0.